The van der Waals surface area contributed by atoms with Gasteiger partial charge in [-0.3, -0.25) is 0 Å². The minimum Gasteiger partial charge on any atom is -0.497 e. The summed E-state index contributed by atoms with van der Waals surface area (Å²) in [4.78, 5) is 0. The van der Waals surface area contributed by atoms with Crippen LogP contribution in [0, 0.1) is 12.8 Å². The fourth-order valence-electron chi connectivity index (χ4n) is 3.05. The molecule has 0 aliphatic heterocycles. The fourth-order valence-corrected chi connectivity index (χ4v) is 3.05. The number of aliphatic hydroxyl groups is 1. The summed E-state index contributed by atoms with van der Waals surface area (Å²) in [6.07, 6.45) is 4.10. The van der Waals surface area contributed by atoms with Gasteiger partial charge in [0.25, 0.3) is 0 Å². The second-order valence-electron chi connectivity index (χ2n) is 5.41. The van der Waals surface area contributed by atoms with Gasteiger partial charge < -0.3 is 9.84 Å². The molecule has 1 saturated carbocycles. The largest absolute Gasteiger partial charge is 0.497 e. The molecule has 94 valence electrons. The molecule has 2 rings (SSSR count). The third-order valence-electron chi connectivity index (χ3n) is 3.91. The van der Waals surface area contributed by atoms with Crippen LogP contribution in [0.1, 0.15) is 43.7 Å². The van der Waals surface area contributed by atoms with Gasteiger partial charge in [0.2, 0.25) is 0 Å². The van der Waals surface area contributed by atoms with E-state index in [-0.39, 0.29) is 0 Å². The molecule has 0 saturated heterocycles. The molecule has 2 unspecified atom stereocenters. The maximum atomic E-state index is 10.8. The monoisotopic (exact) mass is 234 g/mol. The lowest BCUT2D eigenvalue weighted by Gasteiger charge is -2.37. The van der Waals surface area contributed by atoms with Crippen LogP contribution in [0.5, 0.6) is 5.75 Å². The fraction of sp³-hybridized carbons (Fsp3) is 0.600. The van der Waals surface area contributed by atoms with Gasteiger partial charge in [-0.2, -0.15) is 0 Å². The predicted molar refractivity (Wildman–Crippen MR) is 69.3 cm³/mol. The Labute approximate surface area is 104 Å². The van der Waals surface area contributed by atoms with Gasteiger partial charge in [-0.1, -0.05) is 19.4 Å². The van der Waals surface area contributed by atoms with Crippen molar-refractivity contribution in [3.05, 3.63) is 29.3 Å². The molecule has 1 N–H and O–H groups in total. The molecule has 0 radical (unpaired) electrons. The zero-order valence-corrected chi connectivity index (χ0v) is 11.0. The average molecular weight is 234 g/mol. The van der Waals surface area contributed by atoms with Gasteiger partial charge in [0.15, 0.2) is 0 Å². The predicted octanol–water partition coefficient (Wildman–Crippen LogP) is 3.40. The molecule has 1 fully saturated rings. The van der Waals surface area contributed by atoms with Gasteiger partial charge in [0.1, 0.15) is 5.75 Å². The molecule has 2 nitrogen and oxygen atoms in total. The maximum Gasteiger partial charge on any atom is 0.119 e. The van der Waals surface area contributed by atoms with Gasteiger partial charge in [0, 0.05) is 0 Å². The Morgan fingerprint density at radius 1 is 1.41 bits per heavy atom. The highest BCUT2D eigenvalue weighted by Gasteiger charge is 2.35. The molecule has 1 aromatic rings. The van der Waals surface area contributed by atoms with Crippen LogP contribution in [0.4, 0.5) is 0 Å². The minimum absolute atomic E-state index is 0.607. The van der Waals surface area contributed by atoms with Crippen LogP contribution in [-0.2, 0) is 5.60 Å². The lowest BCUT2D eigenvalue weighted by atomic mass is 9.74. The van der Waals surface area contributed by atoms with E-state index in [0.29, 0.717) is 5.92 Å². The molecule has 1 aliphatic carbocycles. The van der Waals surface area contributed by atoms with Crippen molar-refractivity contribution in [1.82, 2.24) is 0 Å². The third-order valence-corrected chi connectivity index (χ3v) is 3.91. The van der Waals surface area contributed by atoms with Gasteiger partial charge in [-0.05, 0) is 55.4 Å². The van der Waals surface area contributed by atoms with Gasteiger partial charge in [0.05, 0.1) is 12.7 Å². The molecule has 0 heterocycles. The van der Waals surface area contributed by atoms with Crippen LogP contribution in [-0.4, -0.2) is 12.2 Å². The number of hydrogen-bond acceptors (Lipinski definition) is 2. The smallest absolute Gasteiger partial charge is 0.119 e. The van der Waals surface area contributed by atoms with E-state index < -0.39 is 5.60 Å². The van der Waals surface area contributed by atoms with Crippen LogP contribution >= 0.6 is 0 Å². The summed E-state index contributed by atoms with van der Waals surface area (Å²) in [6.45, 7) is 4.28. The molecule has 0 amide bonds. The van der Waals surface area contributed by atoms with Crippen LogP contribution in [0.3, 0.4) is 0 Å². The van der Waals surface area contributed by atoms with Crippen molar-refractivity contribution in [1.29, 1.82) is 0 Å². The molecular formula is C15H22O2. The highest BCUT2D eigenvalue weighted by molar-refractivity contribution is 5.38. The normalized spacial score (nSPS) is 29.1. The lowest BCUT2D eigenvalue weighted by Crippen LogP contribution is -2.32. The molecule has 1 aromatic carbocycles. The highest BCUT2D eigenvalue weighted by Crippen LogP contribution is 2.41. The second kappa shape index (κ2) is 4.69. The standard InChI is InChI=1S/C15H22O2/c1-11-5-4-8-15(16,10-11)14-7-6-13(17-3)9-12(14)2/h6-7,9,11,16H,4-5,8,10H2,1-3H3. The molecule has 2 heteroatoms. The lowest BCUT2D eigenvalue weighted by molar-refractivity contribution is -0.0184. The van der Waals surface area contributed by atoms with E-state index in [9.17, 15) is 5.11 Å². The van der Waals surface area contributed by atoms with Crippen LogP contribution in [0.2, 0.25) is 0 Å². The van der Waals surface area contributed by atoms with Crippen molar-refractivity contribution in [2.45, 2.75) is 45.1 Å². The number of hydrogen-bond donors (Lipinski definition) is 1. The van der Waals surface area contributed by atoms with E-state index in [0.717, 1.165) is 36.1 Å². The molecule has 0 bridgehead atoms. The zero-order valence-electron chi connectivity index (χ0n) is 11.0. The van der Waals surface area contributed by atoms with Gasteiger partial charge in [-0.25, -0.2) is 0 Å². The topological polar surface area (TPSA) is 29.5 Å². The number of methoxy groups -OCH3 is 1. The molecule has 1 aliphatic rings. The molecular weight excluding hydrogens is 212 g/mol. The molecule has 0 aromatic heterocycles. The van der Waals surface area contributed by atoms with Crippen molar-refractivity contribution < 1.29 is 9.84 Å². The molecule has 2 atom stereocenters. The summed E-state index contributed by atoms with van der Waals surface area (Å²) in [6, 6.07) is 5.97. The van der Waals surface area contributed by atoms with Crippen molar-refractivity contribution in [2.75, 3.05) is 7.11 Å². The number of aryl methyl sites for hydroxylation is 1. The first kappa shape index (κ1) is 12.4. The van der Waals surface area contributed by atoms with Gasteiger partial charge >= 0.3 is 0 Å². The Morgan fingerprint density at radius 2 is 2.18 bits per heavy atom. The first-order valence-electron chi connectivity index (χ1n) is 6.42. The van der Waals surface area contributed by atoms with Crippen molar-refractivity contribution in [3.8, 4) is 5.75 Å². The summed E-state index contributed by atoms with van der Waals surface area (Å²) >= 11 is 0. The summed E-state index contributed by atoms with van der Waals surface area (Å²) in [5, 5.41) is 10.8. The summed E-state index contributed by atoms with van der Waals surface area (Å²) in [7, 11) is 1.67. The quantitative estimate of drug-likeness (QED) is 0.849. The SMILES string of the molecule is COc1ccc(C2(O)CCCC(C)C2)c(C)c1. The number of ether oxygens (including phenoxy) is 1. The number of rotatable bonds is 2. The van der Waals surface area contributed by atoms with Crippen LogP contribution in [0.15, 0.2) is 18.2 Å². The highest BCUT2D eigenvalue weighted by atomic mass is 16.5. The zero-order chi connectivity index (χ0) is 12.5. The van der Waals surface area contributed by atoms with E-state index in [1.54, 1.807) is 7.11 Å². The van der Waals surface area contributed by atoms with Crippen LogP contribution in [0.25, 0.3) is 0 Å². The first-order chi connectivity index (χ1) is 8.05. The van der Waals surface area contributed by atoms with Crippen molar-refractivity contribution in [3.63, 3.8) is 0 Å². The van der Waals surface area contributed by atoms with Crippen LogP contribution < -0.4 is 4.74 Å². The van der Waals surface area contributed by atoms with E-state index >= 15 is 0 Å². The van der Waals surface area contributed by atoms with Gasteiger partial charge in [-0.15, -0.1) is 0 Å². The Balaban J connectivity index is 2.32. The Bertz CT molecular complexity index is 400. The second-order valence-corrected chi connectivity index (χ2v) is 5.41. The van der Waals surface area contributed by atoms with Crippen molar-refractivity contribution >= 4 is 0 Å². The van der Waals surface area contributed by atoms with E-state index in [1.165, 1.54) is 6.42 Å². The Kier molecular flexibility index (Phi) is 3.43. The summed E-state index contributed by atoms with van der Waals surface area (Å²) in [5.41, 5.74) is 1.57. The third kappa shape index (κ3) is 2.47. The molecule has 17 heavy (non-hydrogen) atoms. The first-order valence-corrected chi connectivity index (χ1v) is 6.42. The van der Waals surface area contributed by atoms with E-state index in [4.69, 9.17) is 4.74 Å². The Hall–Kier alpha value is -1.02. The van der Waals surface area contributed by atoms with Crippen molar-refractivity contribution in [2.24, 2.45) is 5.92 Å². The van der Waals surface area contributed by atoms with E-state index in [1.807, 2.05) is 18.2 Å². The molecule has 0 spiro atoms. The summed E-state index contributed by atoms with van der Waals surface area (Å²) < 4.78 is 5.21. The average Bonchev–Trinajstić information content (AvgIpc) is 2.28. The number of benzene rings is 1. The van der Waals surface area contributed by atoms with E-state index in [2.05, 4.69) is 13.8 Å². The Morgan fingerprint density at radius 3 is 2.76 bits per heavy atom. The maximum absolute atomic E-state index is 10.8. The minimum atomic E-state index is -0.631. The summed E-state index contributed by atoms with van der Waals surface area (Å²) in [5.74, 6) is 1.47.